The van der Waals surface area contributed by atoms with Crippen LogP contribution in [0.5, 0.6) is 0 Å². The Hall–Kier alpha value is 0.819. The number of hydrogen-bond acceptors (Lipinski definition) is 1. The molecule has 0 rings (SSSR count). The quantitative estimate of drug-likeness (QED) is 0.202. The molecule has 21 heavy (non-hydrogen) atoms. The summed E-state index contributed by atoms with van der Waals surface area (Å²) in [6, 6.07) is 0. The van der Waals surface area contributed by atoms with Crippen molar-refractivity contribution in [2.24, 2.45) is 5.92 Å². The summed E-state index contributed by atoms with van der Waals surface area (Å²) in [4.78, 5) is 10.4. The topological polar surface area (TPSA) is 17.1 Å². The second-order valence-electron chi connectivity index (χ2n) is 6.20. The van der Waals surface area contributed by atoms with Crippen LogP contribution in [0.25, 0.3) is 0 Å². The van der Waals surface area contributed by atoms with Gasteiger partial charge in [-0.1, -0.05) is 39.5 Å². The fourth-order valence-electron chi connectivity index (χ4n) is 1.91. The van der Waals surface area contributed by atoms with Crippen LogP contribution in [-0.2, 0) is 4.79 Å². The van der Waals surface area contributed by atoms with Crippen LogP contribution in [0.2, 0.25) is 8.87 Å². The Kier molecular flexibility index (Phi) is 23.9. The summed E-state index contributed by atoms with van der Waals surface area (Å²) in [6.07, 6.45) is 12.6. The van der Waals surface area contributed by atoms with Gasteiger partial charge in [-0.15, -0.1) is 12.6 Å². The molecule has 0 spiro atoms. The van der Waals surface area contributed by atoms with Crippen LogP contribution in [0, 0.1) is 5.92 Å². The first-order valence-corrected chi connectivity index (χ1v) is 13.4. The molecular formula is C18H38OSSn. The van der Waals surface area contributed by atoms with Crippen LogP contribution >= 0.6 is 12.6 Å². The van der Waals surface area contributed by atoms with E-state index in [0.717, 1.165) is 12.3 Å². The van der Waals surface area contributed by atoms with E-state index in [0.29, 0.717) is 6.42 Å². The summed E-state index contributed by atoms with van der Waals surface area (Å²) in [5.41, 5.74) is 0. The molecule has 0 aromatic heterocycles. The van der Waals surface area contributed by atoms with E-state index in [4.69, 9.17) is 0 Å². The van der Waals surface area contributed by atoms with E-state index >= 15 is 0 Å². The predicted molar refractivity (Wildman–Crippen MR) is 102 cm³/mol. The average Bonchev–Trinajstić information content (AvgIpc) is 2.43. The maximum absolute atomic E-state index is 10.4. The van der Waals surface area contributed by atoms with Crippen LogP contribution < -0.4 is 0 Å². The van der Waals surface area contributed by atoms with Crippen LogP contribution in [0.15, 0.2) is 0 Å². The van der Waals surface area contributed by atoms with E-state index in [1.807, 2.05) is 0 Å². The van der Waals surface area contributed by atoms with Gasteiger partial charge in [0.2, 0.25) is 0 Å². The van der Waals surface area contributed by atoms with Gasteiger partial charge >= 0.3 is 69.5 Å². The summed E-state index contributed by atoms with van der Waals surface area (Å²) in [5, 5.41) is 0.0267. The minimum atomic E-state index is 0.0267. The molecule has 0 unspecified atom stereocenters. The maximum atomic E-state index is 10.4. The summed E-state index contributed by atoms with van der Waals surface area (Å²) in [5.74, 6) is 0.816. The molecule has 0 N–H and O–H groups in total. The fraction of sp³-hybridized carbons (Fsp3) is 0.944. The molecule has 0 amide bonds. The second kappa shape index (κ2) is 20.8. The van der Waals surface area contributed by atoms with E-state index in [2.05, 4.69) is 40.3 Å². The third-order valence-corrected chi connectivity index (χ3v) is 7.60. The third kappa shape index (κ3) is 29.5. The molecule has 0 heterocycles. The Morgan fingerprint density at radius 3 is 1.86 bits per heavy atom. The van der Waals surface area contributed by atoms with Crippen molar-refractivity contribution < 1.29 is 4.79 Å². The molecule has 0 aromatic carbocycles. The normalized spacial score (nSPS) is 10.4. The molecule has 0 aliphatic heterocycles. The van der Waals surface area contributed by atoms with Crippen molar-refractivity contribution in [3.8, 4) is 0 Å². The summed E-state index contributed by atoms with van der Waals surface area (Å²) >= 11 is 3.87. The van der Waals surface area contributed by atoms with Crippen molar-refractivity contribution in [2.75, 3.05) is 0 Å². The zero-order chi connectivity index (χ0) is 16.3. The van der Waals surface area contributed by atoms with Crippen molar-refractivity contribution in [1.29, 1.82) is 0 Å². The summed E-state index contributed by atoms with van der Waals surface area (Å²) in [6.45, 7) is 9.08. The predicted octanol–water partition coefficient (Wildman–Crippen LogP) is 6.57. The number of unbranched alkanes of at least 4 members (excludes halogenated alkanes) is 5. The van der Waals surface area contributed by atoms with E-state index in [9.17, 15) is 4.79 Å². The van der Waals surface area contributed by atoms with Crippen molar-refractivity contribution in [2.45, 2.75) is 101 Å². The van der Waals surface area contributed by atoms with Crippen molar-refractivity contribution in [3.63, 3.8) is 0 Å². The van der Waals surface area contributed by atoms with Crippen LogP contribution in [0.3, 0.4) is 0 Å². The Labute approximate surface area is 150 Å². The zero-order valence-electron chi connectivity index (χ0n) is 14.9. The monoisotopic (exact) mass is 422 g/mol. The van der Waals surface area contributed by atoms with E-state index < -0.39 is 0 Å². The van der Waals surface area contributed by atoms with Crippen LogP contribution in [0.4, 0.5) is 0 Å². The van der Waals surface area contributed by atoms with Gasteiger partial charge in [0, 0.05) is 6.42 Å². The summed E-state index contributed by atoms with van der Waals surface area (Å²) < 4.78 is 3.25. The van der Waals surface area contributed by atoms with Crippen molar-refractivity contribution in [3.05, 3.63) is 0 Å². The summed E-state index contributed by atoms with van der Waals surface area (Å²) in [7, 11) is 0. The van der Waals surface area contributed by atoms with Gasteiger partial charge in [-0.25, -0.2) is 0 Å². The molecule has 126 valence electrons. The van der Waals surface area contributed by atoms with Crippen LogP contribution in [-0.4, -0.2) is 26.3 Å². The number of rotatable bonds is 13. The molecule has 0 atom stereocenters. The Balaban J connectivity index is 0. The first-order chi connectivity index (χ1) is 10.0. The molecule has 0 saturated carbocycles. The van der Waals surface area contributed by atoms with Gasteiger partial charge in [0.15, 0.2) is 5.12 Å². The Morgan fingerprint density at radius 2 is 1.43 bits per heavy atom. The number of hydrogen-bond donors (Lipinski definition) is 1. The fourth-order valence-corrected chi connectivity index (χ4v) is 6.23. The molecule has 0 fully saturated rings. The molecule has 0 saturated heterocycles. The van der Waals surface area contributed by atoms with E-state index in [1.54, 1.807) is 8.87 Å². The van der Waals surface area contributed by atoms with Crippen molar-refractivity contribution in [1.82, 2.24) is 0 Å². The third-order valence-electron chi connectivity index (χ3n) is 3.34. The molecule has 3 heteroatoms. The van der Waals surface area contributed by atoms with Gasteiger partial charge in [-0.05, 0) is 12.3 Å². The molecule has 0 aliphatic carbocycles. The minimum absolute atomic E-state index is 0.0267. The first-order valence-electron chi connectivity index (χ1n) is 8.97. The molecule has 0 bridgehead atoms. The van der Waals surface area contributed by atoms with Gasteiger partial charge < -0.3 is 0 Å². The van der Waals surface area contributed by atoms with Crippen LogP contribution in [0.1, 0.15) is 91.9 Å². The van der Waals surface area contributed by atoms with Gasteiger partial charge in [0.1, 0.15) is 0 Å². The Bertz CT molecular complexity index is 201. The van der Waals surface area contributed by atoms with Gasteiger partial charge in [0.05, 0.1) is 0 Å². The molecule has 0 aliphatic rings. The SMILES string of the molecule is CC(C)CCCCCCC(=O)S.CCC[CH2][Sn][CH2]CCC. The van der Waals surface area contributed by atoms with Crippen molar-refractivity contribution >= 4 is 38.9 Å². The molecule has 1 nitrogen and oxygen atoms in total. The van der Waals surface area contributed by atoms with Gasteiger partial charge in [-0.3, -0.25) is 4.79 Å². The van der Waals surface area contributed by atoms with E-state index in [1.165, 1.54) is 51.4 Å². The number of carbonyl (C=O) groups excluding carboxylic acids is 1. The zero-order valence-corrected chi connectivity index (χ0v) is 18.7. The molecule has 2 radical (unpaired) electrons. The average molecular weight is 421 g/mol. The second-order valence-corrected chi connectivity index (χ2v) is 11.0. The number of thiol groups is 1. The van der Waals surface area contributed by atoms with E-state index in [-0.39, 0.29) is 26.3 Å². The Morgan fingerprint density at radius 1 is 0.905 bits per heavy atom. The number of carbonyl (C=O) groups is 1. The first kappa shape index (κ1) is 24.1. The standard InChI is InChI=1S/C10H20OS.2C4H9.Sn/c1-9(2)7-5-3-4-6-8-10(11)12;2*1-3-4-2;/h9H,3-8H2,1-2H3,(H,11,12);2*1,3-4H2,2H3;. The van der Waals surface area contributed by atoms with Gasteiger partial charge in [0.25, 0.3) is 0 Å². The van der Waals surface area contributed by atoms with Gasteiger partial charge in [-0.2, -0.15) is 0 Å². The molecular weight excluding hydrogens is 383 g/mol. The molecule has 0 aromatic rings.